The summed E-state index contributed by atoms with van der Waals surface area (Å²) in [5, 5.41) is 8.33. The molecule has 0 bridgehead atoms. The fourth-order valence-corrected chi connectivity index (χ4v) is 4.36. The molecule has 4 aromatic rings. The summed E-state index contributed by atoms with van der Waals surface area (Å²) in [6.07, 6.45) is 5.98. The average molecular weight is 443 g/mol. The molecule has 1 aliphatic rings. The summed E-state index contributed by atoms with van der Waals surface area (Å²) in [4.78, 5) is 29.6. The Morgan fingerprint density at radius 3 is 2.78 bits per heavy atom. The number of amides is 1. The van der Waals surface area contributed by atoms with Crippen molar-refractivity contribution in [2.24, 2.45) is 0 Å². The maximum atomic E-state index is 13.0. The third-order valence-electron chi connectivity index (χ3n) is 5.36. The van der Waals surface area contributed by atoms with Gasteiger partial charge in [-0.3, -0.25) is 9.78 Å². The lowest BCUT2D eigenvalue weighted by molar-refractivity contribution is 0.0951. The zero-order valence-corrected chi connectivity index (χ0v) is 18.2. The fourth-order valence-electron chi connectivity index (χ4n) is 3.71. The molecule has 5 rings (SSSR count). The monoisotopic (exact) mass is 442 g/mol. The third-order valence-corrected chi connectivity index (χ3v) is 6.24. The van der Waals surface area contributed by atoms with Gasteiger partial charge in [-0.25, -0.2) is 4.98 Å². The van der Waals surface area contributed by atoms with E-state index in [-0.39, 0.29) is 5.91 Å². The van der Waals surface area contributed by atoms with E-state index in [0.717, 1.165) is 24.2 Å². The van der Waals surface area contributed by atoms with Crippen molar-refractivity contribution in [2.45, 2.75) is 19.5 Å². The maximum Gasteiger partial charge on any atom is 0.256 e. The van der Waals surface area contributed by atoms with Gasteiger partial charge in [-0.1, -0.05) is 24.3 Å². The van der Waals surface area contributed by atoms with E-state index in [4.69, 9.17) is 4.98 Å². The summed E-state index contributed by atoms with van der Waals surface area (Å²) >= 11 is 1.66. The Labute approximate surface area is 190 Å². The summed E-state index contributed by atoms with van der Waals surface area (Å²) in [6, 6.07) is 16.1. The first kappa shape index (κ1) is 20.1. The minimum atomic E-state index is -0.219. The average Bonchev–Trinajstić information content (AvgIpc) is 3.52. The van der Waals surface area contributed by atoms with Gasteiger partial charge in [0, 0.05) is 42.2 Å². The van der Waals surface area contributed by atoms with Gasteiger partial charge in [0.15, 0.2) is 0 Å². The zero-order valence-electron chi connectivity index (χ0n) is 17.4. The molecule has 1 aromatic carbocycles. The molecular formula is C24H22N6OS. The van der Waals surface area contributed by atoms with Gasteiger partial charge in [0.1, 0.15) is 11.4 Å². The summed E-state index contributed by atoms with van der Waals surface area (Å²) < 4.78 is 0. The van der Waals surface area contributed by atoms with E-state index < -0.39 is 0 Å². The van der Waals surface area contributed by atoms with Crippen molar-refractivity contribution in [3.05, 3.63) is 94.1 Å². The van der Waals surface area contributed by atoms with Crippen LogP contribution in [-0.2, 0) is 19.5 Å². The predicted molar refractivity (Wildman–Crippen MR) is 126 cm³/mol. The zero-order chi connectivity index (χ0) is 21.8. The number of benzene rings is 1. The highest BCUT2D eigenvalue weighted by Crippen LogP contribution is 2.33. The number of pyridine rings is 1. The largest absolute Gasteiger partial charge is 0.364 e. The van der Waals surface area contributed by atoms with Crippen molar-refractivity contribution in [1.82, 2.24) is 20.3 Å². The summed E-state index contributed by atoms with van der Waals surface area (Å²) in [5.74, 6) is 0.901. The highest BCUT2D eigenvalue weighted by molar-refractivity contribution is 7.09. The molecule has 0 unspecified atom stereocenters. The number of nitrogens with one attached hydrogen (secondary N) is 2. The number of carbonyl (C=O) groups excluding carboxylic acids is 1. The van der Waals surface area contributed by atoms with E-state index in [1.807, 2.05) is 35.7 Å². The van der Waals surface area contributed by atoms with Crippen LogP contribution < -0.4 is 15.5 Å². The number of aromatic nitrogens is 3. The molecule has 0 atom stereocenters. The Morgan fingerprint density at radius 2 is 1.94 bits per heavy atom. The van der Waals surface area contributed by atoms with Crippen LogP contribution in [0.25, 0.3) is 0 Å². The van der Waals surface area contributed by atoms with Gasteiger partial charge in [-0.2, -0.15) is 4.98 Å². The van der Waals surface area contributed by atoms with Crippen molar-refractivity contribution in [2.75, 3.05) is 16.8 Å². The molecule has 0 saturated heterocycles. The lowest BCUT2D eigenvalue weighted by atomic mass is 10.2. The first-order valence-electron chi connectivity index (χ1n) is 10.4. The van der Waals surface area contributed by atoms with Crippen LogP contribution in [0.4, 0.5) is 17.5 Å². The number of anilines is 3. The van der Waals surface area contributed by atoms with Gasteiger partial charge in [0.25, 0.3) is 5.91 Å². The number of para-hydroxylation sites is 1. The highest BCUT2D eigenvalue weighted by atomic mass is 32.1. The molecule has 4 heterocycles. The summed E-state index contributed by atoms with van der Waals surface area (Å²) in [5.41, 5.74) is 3.80. The smallest absolute Gasteiger partial charge is 0.256 e. The summed E-state index contributed by atoms with van der Waals surface area (Å²) in [7, 11) is 0. The molecule has 3 aromatic heterocycles. The van der Waals surface area contributed by atoms with Crippen LogP contribution in [0.5, 0.6) is 0 Å². The minimum Gasteiger partial charge on any atom is -0.364 e. The predicted octanol–water partition coefficient (Wildman–Crippen LogP) is 4.17. The summed E-state index contributed by atoms with van der Waals surface area (Å²) in [6.45, 7) is 1.82. The van der Waals surface area contributed by atoms with E-state index in [1.165, 1.54) is 10.4 Å². The molecule has 0 fully saturated rings. The topological polar surface area (TPSA) is 83.0 Å². The van der Waals surface area contributed by atoms with Gasteiger partial charge in [0.2, 0.25) is 5.95 Å². The van der Waals surface area contributed by atoms with Crippen molar-refractivity contribution in [1.29, 1.82) is 0 Å². The Hall–Kier alpha value is -3.78. The molecule has 0 radical (unpaired) electrons. The quantitative estimate of drug-likeness (QED) is 0.447. The van der Waals surface area contributed by atoms with Crippen LogP contribution in [-0.4, -0.2) is 27.4 Å². The van der Waals surface area contributed by atoms with Crippen LogP contribution >= 0.6 is 11.3 Å². The number of carbonyl (C=O) groups is 1. The van der Waals surface area contributed by atoms with E-state index in [2.05, 4.69) is 43.7 Å². The second kappa shape index (κ2) is 9.15. The van der Waals surface area contributed by atoms with Crippen molar-refractivity contribution >= 4 is 34.7 Å². The number of fused-ring (bicyclic) bond motifs is 1. The van der Waals surface area contributed by atoms with Crippen molar-refractivity contribution in [3.8, 4) is 0 Å². The number of hydrogen-bond acceptors (Lipinski definition) is 7. The number of nitrogens with zero attached hydrogens (tertiary/aromatic N) is 4. The first-order chi connectivity index (χ1) is 15.8. The lowest BCUT2D eigenvalue weighted by Crippen LogP contribution is -2.25. The second-order valence-corrected chi connectivity index (χ2v) is 8.47. The van der Waals surface area contributed by atoms with E-state index >= 15 is 0 Å². The Kier molecular flexibility index (Phi) is 5.76. The van der Waals surface area contributed by atoms with Crippen LogP contribution in [0.2, 0.25) is 0 Å². The molecular weight excluding hydrogens is 420 g/mol. The third kappa shape index (κ3) is 4.31. The normalized spacial score (nSPS) is 12.4. The number of rotatable bonds is 7. The fraction of sp³-hybridized carbons (Fsp3) is 0.167. The van der Waals surface area contributed by atoms with Gasteiger partial charge in [-0.05, 0) is 47.2 Å². The van der Waals surface area contributed by atoms with Gasteiger partial charge < -0.3 is 15.5 Å². The Bertz CT molecular complexity index is 1210. The van der Waals surface area contributed by atoms with Crippen LogP contribution in [0.15, 0.2) is 72.5 Å². The van der Waals surface area contributed by atoms with Crippen LogP contribution in [0.3, 0.4) is 0 Å². The van der Waals surface area contributed by atoms with Gasteiger partial charge in [0.05, 0.1) is 6.54 Å². The molecule has 1 amide bonds. The maximum absolute atomic E-state index is 13.0. The molecule has 0 aliphatic carbocycles. The molecule has 8 heteroatoms. The van der Waals surface area contributed by atoms with E-state index in [9.17, 15) is 4.79 Å². The molecule has 0 spiro atoms. The molecule has 32 heavy (non-hydrogen) atoms. The minimum absolute atomic E-state index is 0.219. The van der Waals surface area contributed by atoms with Gasteiger partial charge >= 0.3 is 0 Å². The number of thiophene rings is 1. The van der Waals surface area contributed by atoms with Gasteiger partial charge in [-0.15, -0.1) is 11.3 Å². The molecule has 2 N–H and O–H groups in total. The highest BCUT2D eigenvalue weighted by Gasteiger charge is 2.24. The Morgan fingerprint density at radius 1 is 1.06 bits per heavy atom. The van der Waals surface area contributed by atoms with E-state index in [0.29, 0.717) is 30.4 Å². The van der Waals surface area contributed by atoms with Crippen molar-refractivity contribution < 1.29 is 4.79 Å². The molecule has 0 saturated carbocycles. The lowest BCUT2D eigenvalue weighted by Gasteiger charge is -2.19. The van der Waals surface area contributed by atoms with Crippen LogP contribution in [0, 0.1) is 0 Å². The second-order valence-electron chi connectivity index (χ2n) is 7.43. The SMILES string of the molecule is O=C(NCc1ccncc1)c1cnc(N2CCc3ccccc32)nc1NCc1cccs1. The van der Waals surface area contributed by atoms with E-state index in [1.54, 1.807) is 29.9 Å². The number of hydrogen-bond donors (Lipinski definition) is 2. The molecule has 160 valence electrons. The standard InChI is InChI=1S/C24H22N6OS/c31-23(27-14-17-7-10-25-11-8-17)20-16-28-24(29-22(20)26-15-19-5-3-13-32-19)30-12-9-18-4-1-2-6-21(18)30/h1-8,10-11,13,16H,9,12,14-15H2,(H,27,31)(H,26,28,29). The molecule has 1 aliphatic heterocycles. The molecule has 7 nitrogen and oxygen atoms in total. The Balaban J connectivity index is 1.41. The van der Waals surface area contributed by atoms with Crippen LogP contribution in [0.1, 0.15) is 26.4 Å². The first-order valence-corrected chi connectivity index (χ1v) is 11.3. The van der Waals surface area contributed by atoms with Crippen molar-refractivity contribution in [3.63, 3.8) is 0 Å².